The molecule has 1 heterocycles. The average molecular weight is 420 g/mol. The van der Waals surface area contributed by atoms with Crippen molar-refractivity contribution in [2.24, 2.45) is 5.92 Å². The highest BCUT2D eigenvalue weighted by molar-refractivity contribution is 6.34. The quantitative estimate of drug-likeness (QED) is 0.821. The molecule has 1 saturated heterocycles. The molecule has 0 aromatic heterocycles. The van der Waals surface area contributed by atoms with E-state index >= 15 is 0 Å². The summed E-state index contributed by atoms with van der Waals surface area (Å²) < 4.78 is 0. The van der Waals surface area contributed by atoms with Gasteiger partial charge in [0.2, 0.25) is 11.8 Å². The number of halogens is 2. The van der Waals surface area contributed by atoms with Crippen LogP contribution in [0, 0.1) is 5.92 Å². The van der Waals surface area contributed by atoms with Crippen molar-refractivity contribution in [3.05, 3.63) is 58.1 Å². The highest BCUT2D eigenvalue weighted by Crippen LogP contribution is 2.32. The van der Waals surface area contributed by atoms with Gasteiger partial charge in [-0.25, -0.2) is 0 Å². The van der Waals surface area contributed by atoms with Gasteiger partial charge in [0.15, 0.2) is 0 Å². The molecule has 1 aliphatic heterocycles. The molecule has 2 aromatic rings. The summed E-state index contributed by atoms with van der Waals surface area (Å²) in [5, 5.41) is 3.51. The van der Waals surface area contributed by atoms with E-state index in [1.807, 2.05) is 0 Å². The minimum absolute atomic E-state index is 0.0744. The van der Waals surface area contributed by atoms with Gasteiger partial charge in [-0.1, -0.05) is 35.3 Å². The summed E-state index contributed by atoms with van der Waals surface area (Å²) in [4.78, 5) is 40.2. The highest BCUT2D eigenvalue weighted by atomic mass is 35.5. The van der Waals surface area contributed by atoms with Crippen LogP contribution in [0.5, 0.6) is 0 Å². The Kier molecular flexibility index (Phi) is 5.91. The number of carbonyl (C=O) groups excluding carboxylic acids is 3. The van der Waals surface area contributed by atoms with E-state index in [-0.39, 0.29) is 30.7 Å². The van der Waals surface area contributed by atoms with E-state index in [0.717, 1.165) is 0 Å². The molecule has 0 unspecified atom stereocenters. The third-order valence-electron chi connectivity index (χ3n) is 4.52. The van der Waals surface area contributed by atoms with Crippen LogP contribution in [0.4, 0.5) is 11.4 Å². The summed E-state index contributed by atoms with van der Waals surface area (Å²) in [6, 6.07) is 11.7. The molecule has 6 nitrogen and oxygen atoms in total. The first-order chi connectivity index (χ1) is 13.3. The molecule has 3 amide bonds. The van der Waals surface area contributed by atoms with E-state index in [1.54, 1.807) is 50.5 Å². The second-order valence-corrected chi connectivity index (χ2v) is 7.55. The predicted molar refractivity (Wildman–Crippen MR) is 110 cm³/mol. The van der Waals surface area contributed by atoms with Crippen LogP contribution in [0.2, 0.25) is 10.0 Å². The molecule has 0 radical (unpaired) electrons. The van der Waals surface area contributed by atoms with E-state index in [4.69, 9.17) is 23.2 Å². The molecular weight excluding hydrogens is 401 g/mol. The predicted octanol–water partition coefficient (Wildman–Crippen LogP) is 3.69. The van der Waals surface area contributed by atoms with Crippen molar-refractivity contribution in [2.75, 3.05) is 30.9 Å². The maximum Gasteiger partial charge on any atom is 0.253 e. The molecule has 1 fully saturated rings. The topological polar surface area (TPSA) is 69.7 Å². The molecule has 0 saturated carbocycles. The number of rotatable bonds is 4. The maximum atomic E-state index is 12.7. The Morgan fingerprint density at radius 1 is 1.11 bits per heavy atom. The zero-order chi connectivity index (χ0) is 20.4. The van der Waals surface area contributed by atoms with Gasteiger partial charge in [-0.15, -0.1) is 0 Å². The molecule has 28 heavy (non-hydrogen) atoms. The number of para-hydroxylation sites is 1. The Labute approximate surface area is 173 Å². The van der Waals surface area contributed by atoms with Crippen LogP contribution in [0.1, 0.15) is 16.8 Å². The lowest BCUT2D eigenvalue weighted by Crippen LogP contribution is -2.28. The fraction of sp³-hybridized carbons (Fsp3) is 0.250. The molecule has 3 rings (SSSR count). The molecule has 1 aliphatic rings. The minimum atomic E-state index is -0.548. The number of carbonyl (C=O) groups is 3. The first kappa shape index (κ1) is 20.2. The number of amides is 3. The third-order valence-corrected chi connectivity index (χ3v) is 5.17. The summed E-state index contributed by atoms with van der Waals surface area (Å²) >= 11 is 12.3. The lowest BCUT2D eigenvalue weighted by molar-refractivity contribution is -0.122. The summed E-state index contributed by atoms with van der Waals surface area (Å²) in [6.07, 6.45) is 0.0744. The first-order valence-electron chi connectivity index (χ1n) is 8.65. The number of nitrogens with zero attached hydrogens (tertiary/aromatic N) is 2. The van der Waals surface area contributed by atoms with Crippen molar-refractivity contribution in [3.63, 3.8) is 0 Å². The smallest absolute Gasteiger partial charge is 0.253 e. The van der Waals surface area contributed by atoms with Crippen LogP contribution in [0.3, 0.4) is 0 Å². The molecule has 8 heteroatoms. The Morgan fingerprint density at radius 2 is 1.82 bits per heavy atom. The fourth-order valence-electron chi connectivity index (χ4n) is 3.03. The second-order valence-electron chi connectivity index (χ2n) is 6.74. The molecule has 1 atom stereocenters. The van der Waals surface area contributed by atoms with E-state index in [0.29, 0.717) is 27.0 Å². The van der Waals surface area contributed by atoms with Crippen molar-refractivity contribution in [2.45, 2.75) is 6.42 Å². The largest absolute Gasteiger partial charge is 0.345 e. The van der Waals surface area contributed by atoms with Crippen LogP contribution in [-0.4, -0.2) is 43.3 Å². The second kappa shape index (κ2) is 8.20. The van der Waals surface area contributed by atoms with Gasteiger partial charge >= 0.3 is 0 Å². The number of nitrogens with one attached hydrogen (secondary N) is 1. The van der Waals surface area contributed by atoms with E-state index in [2.05, 4.69) is 5.32 Å². The average Bonchev–Trinajstić information content (AvgIpc) is 3.05. The van der Waals surface area contributed by atoms with E-state index in [9.17, 15) is 14.4 Å². The molecule has 2 aromatic carbocycles. The molecule has 0 aliphatic carbocycles. The zero-order valence-electron chi connectivity index (χ0n) is 15.4. The highest BCUT2D eigenvalue weighted by Gasteiger charge is 2.36. The molecule has 0 bridgehead atoms. The van der Waals surface area contributed by atoms with Crippen LogP contribution in [0.25, 0.3) is 0 Å². The van der Waals surface area contributed by atoms with Crippen LogP contribution in [0.15, 0.2) is 42.5 Å². The monoisotopic (exact) mass is 419 g/mol. The van der Waals surface area contributed by atoms with Crippen molar-refractivity contribution >= 4 is 52.3 Å². The van der Waals surface area contributed by atoms with Gasteiger partial charge in [0.1, 0.15) is 0 Å². The lowest BCUT2D eigenvalue weighted by Gasteiger charge is -2.18. The zero-order valence-corrected chi connectivity index (χ0v) is 16.9. The van der Waals surface area contributed by atoms with Crippen LogP contribution in [-0.2, 0) is 9.59 Å². The molecular formula is C20H19Cl2N3O3. The van der Waals surface area contributed by atoms with Gasteiger partial charge in [-0.05, 0) is 30.3 Å². The molecule has 1 N–H and O–H groups in total. The van der Waals surface area contributed by atoms with Crippen LogP contribution < -0.4 is 10.2 Å². The fourth-order valence-corrected chi connectivity index (χ4v) is 3.44. The normalized spacial score (nSPS) is 16.2. The molecule has 0 spiro atoms. The van der Waals surface area contributed by atoms with Crippen molar-refractivity contribution in [3.8, 4) is 0 Å². The summed E-state index contributed by atoms with van der Waals surface area (Å²) in [5.41, 5.74) is 1.33. The Bertz CT molecular complexity index is 946. The van der Waals surface area contributed by atoms with Crippen molar-refractivity contribution in [1.82, 2.24) is 4.90 Å². The first-order valence-corrected chi connectivity index (χ1v) is 9.40. The van der Waals surface area contributed by atoms with E-state index < -0.39 is 5.92 Å². The summed E-state index contributed by atoms with van der Waals surface area (Å²) in [7, 11) is 3.28. The van der Waals surface area contributed by atoms with Gasteiger partial charge in [0.05, 0.1) is 27.3 Å². The Balaban J connectivity index is 1.76. The van der Waals surface area contributed by atoms with Gasteiger partial charge < -0.3 is 15.1 Å². The Morgan fingerprint density at radius 3 is 2.50 bits per heavy atom. The SMILES string of the molecule is CN(C)C(=O)c1ccc(Cl)c(NC(=O)[C@@H]2CC(=O)N(c3ccccc3Cl)C2)c1. The van der Waals surface area contributed by atoms with Gasteiger partial charge in [-0.2, -0.15) is 0 Å². The standard InChI is InChI=1S/C20H19Cl2N3O3/c1-24(2)20(28)12-7-8-14(21)16(9-12)23-19(27)13-10-18(26)25(11-13)17-6-4-3-5-15(17)22/h3-9,13H,10-11H2,1-2H3,(H,23,27)/t13-/m1/s1. The van der Waals surface area contributed by atoms with Crippen molar-refractivity contribution in [1.29, 1.82) is 0 Å². The van der Waals surface area contributed by atoms with Gasteiger partial charge in [-0.3, -0.25) is 14.4 Å². The number of hydrogen-bond acceptors (Lipinski definition) is 3. The van der Waals surface area contributed by atoms with Crippen molar-refractivity contribution < 1.29 is 14.4 Å². The summed E-state index contributed by atoms with van der Waals surface area (Å²) in [6.45, 7) is 0.225. The summed E-state index contributed by atoms with van der Waals surface area (Å²) in [5.74, 6) is -1.25. The number of anilines is 2. The minimum Gasteiger partial charge on any atom is -0.345 e. The maximum absolute atomic E-state index is 12.7. The molecule has 146 valence electrons. The van der Waals surface area contributed by atoms with Crippen LogP contribution >= 0.6 is 23.2 Å². The van der Waals surface area contributed by atoms with Gasteiger partial charge in [0.25, 0.3) is 5.91 Å². The van der Waals surface area contributed by atoms with E-state index in [1.165, 1.54) is 15.9 Å². The number of hydrogen-bond donors (Lipinski definition) is 1. The number of benzene rings is 2. The van der Waals surface area contributed by atoms with Gasteiger partial charge in [0, 0.05) is 32.6 Å². The third kappa shape index (κ3) is 4.13. The lowest BCUT2D eigenvalue weighted by atomic mass is 10.1. The Hall–Kier alpha value is -2.57.